The molecule has 1 fully saturated rings. The Balaban J connectivity index is 2.27. The fourth-order valence-electron chi connectivity index (χ4n) is 2.49. The highest BCUT2D eigenvalue weighted by atomic mass is 32.2. The lowest BCUT2D eigenvalue weighted by Gasteiger charge is -2.29. The molecule has 0 aliphatic carbocycles. The van der Waals surface area contributed by atoms with Crippen molar-refractivity contribution < 1.29 is 22.8 Å². The molecule has 1 aromatic heterocycles. The summed E-state index contributed by atoms with van der Waals surface area (Å²) in [6, 6.07) is 0. The van der Waals surface area contributed by atoms with Crippen molar-refractivity contribution >= 4 is 22.1 Å². The second kappa shape index (κ2) is 6.71. The molecular weight excluding hydrogens is 322 g/mol. The predicted octanol–water partition coefficient (Wildman–Crippen LogP) is 1.00. The molecule has 1 aliphatic rings. The van der Waals surface area contributed by atoms with E-state index in [4.69, 9.17) is 9.63 Å². The number of carboxylic acids is 1. The van der Waals surface area contributed by atoms with E-state index in [1.54, 1.807) is 24.1 Å². The van der Waals surface area contributed by atoms with Crippen molar-refractivity contribution in [3.63, 3.8) is 0 Å². The Morgan fingerprint density at radius 1 is 1.39 bits per heavy atom. The molecule has 1 N–H and O–H groups in total. The van der Waals surface area contributed by atoms with Crippen molar-refractivity contribution in [3.05, 3.63) is 17.7 Å². The SMILES string of the molecule is Cc1noc(/C=C/N(C)C)c1S(=O)(=O)N1CCC(C(=O)O)CC1. The topological polar surface area (TPSA) is 104 Å². The standard InChI is InChI=1S/C14H21N3O5S/c1-10-13(12(22-15-10)6-7-16(2)3)23(20,21)17-8-4-11(5-9-17)14(18)19/h6-7,11H,4-5,8-9H2,1-3H3,(H,18,19)/b7-6+. The summed E-state index contributed by atoms with van der Waals surface area (Å²) in [5.41, 5.74) is 0.295. The first-order chi connectivity index (χ1) is 10.7. The first kappa shape index (κ1) is 17.5. The number of sulfonamides is 1. The smallest absolute Gasteiger partial charge is 0.306 e. The average Bonchev–Trinajstić information content (AvgIpc) is 2.86. The lowest BCUT2D eigenvalue weighted by molar-refractivity contribution is -0.142. The van der Waals surface area contributed by atoms with Gasteiger partial charge in [-0.1, -0.05) is 5.16 Å². The number of aliphatic carboxylic acids is 1. The van der Waals surface area contributed by atoms with Crippen LogP contribution in [-0.2, 0) is 14.8 Å². The van der Waals surface area contributed by atoms with E-state index < -0.39 is 21.9 Å². The molecule has 0 unspecified atom stereocenters. The highest BCUT2D eigenvalue weighted by molar-refractivity contribution is 7.89. The molecule has 0 radical (unpaired) electrons. The monoisotopic (exact) mass is 343 g/mol. The third-order valence-corrected chi connectivity index (χ3v) is 5.82. The zero-order chi connectivity index (χ0) is 17.2. The maximum absolute atomic E-state index is 12.8. The minimum absolute atomic E-state index is 0.0457. The number of carbonyl (C=O) groups is 1. The van der Waals surface area contributed by atoms with Gasteiger partial charge in [0, 0.05) is 39.5 Å². The van der Waals surface area contributed by atoms with Crippen LogP contribution in [0.2, 0.25) is 0 Å². The van der Waals surface area contributed by atoms with Crippen LogP contribution in [0.25, 0.3) is 6.08 Å². The number of hydrogen-bond donors (Lipinski definition) is 1. The molecule has 1 saturated heterocycles. The largest absolute Gasteiger partial charge is 0.481 e. The van der Waals surface area contributed by atoms with Gasteiger partial charge in [-0.25, -0.2) is 8.42 Å². The maximum Gasteiger partial charge on any atom is 0.306 e. The fraction of sp³-hybridized carbons (Fsp3) is 0.571. The molecule has 1 aromatic rings. The molecule has 0 amide bonds. The molecule has 1 aliphatic heterocycles. The number of carboxylic acid groups (broad SMARTS) is 1. The second-order valence-corrected chi connectivity index (χ2v) is 7.63. The normalized spacial score (nSPS) is 17.7. The lowest BCUT2D eigenvalue weighted by atomic mass is 9.99. The van der Waals surface area contributed by atoms with Gasteiger partial charge >= 0.3 is 5.97 Å². The molecule has 23 heavy (non-hydrogen) atoms. The molecule has 2 rings (SSSR count). The first-order valence-electron chi connectivity index (χ1n) is 7.27. The molecule has 0 atom stereocenters. The third-order valence-electron chi connectivity index (χ3n) is 3.76. The molecule has 8 nitrogen and oxygen atoms in total. The van der Waals surface area contributed by atoms with Gasteiger partial charge in [-0.05, 0) is 19.8 Å². The fourth-order valence-corrected chi connectivity index (χ4v) is 4.21. The van der Waals surface area contributed by atoms with E-state index in [0.29, 0.717) is 18.5 Å². The summed E-state index contributed by atoms with van der Waals surface area (Å²) < 4.78 is 32.1. The average molecular weight is 343 g/mol. The van der Waals surface area contributed by atoms with Crippen LogP contribution in [0.3, 0.4) is 0 Å². The van der Waals surface area contributed by atoms with E-state index in [9.17, 15) is 13.2 Å². The number of aryl methyl sites for hydroxylation is 1. The summed E-state index contributed by atoms with van der Waals surface area (Å²) >= 11 is 0. The summed E-state index contributed by atoms with van der Waals surface area (Å²) in [7, 11) is -0.142. The van der Waals surface area contributed by atoms with Crippen molar-refractivity contribution in [1.82, 2.24) is 14.4 Å². The minimum Gasteiger partial charge on any atom is -0.481 e. The van der Waals surface area contributed by atoms with Gasteiger partial charge in [0.05, 0.1) is 5.92 Å². The zero-order valence-electron chi connectivity index (χ0n) is 13.4. The molecule has 9 heteroatoms. The Kier molecular flexibility index (Phi) is 5.10. The second-order valence-electron chi connectivity index (χ2n) is 5.76. The van der Waals surface area contributed by atoms with Gasteiger partial charge in [-0.15, -0.1) is 0 Å². The Morgan fingerprint density at radius 3 is 2.52 bits per heavy atom. The van der Waals surface area contributed by atoms with Crippen LogP contribution in [-0.4, -0.2) is 61.0 Å². The maximum atomic E-state index is 12.8. The van der Waals surface area contributed by atoms with Crippen LogP contribution in [0.15, 0.2) is 15.6 Å². The van der Waals surface area contributed by atoms with Crippen molar-refractivity contribution in [1.29, 1.82) is 0 Å². The van der Waals surface area contributed by atoms with Gasteiger partial charge in [0.1, 0.15) is 5.69 Å². The van der Waals surface area contributed by atoms with Gasteiger partial charge in [-0.2, -0.15) is 4.31 Å². The van der Waals surface area contributed by atoms with Crippen LogP contribution in [0.5, 0.6) is 0 Å². The van der Waals surface area contributed by atoms with Crippen molar-refractivity contribution in [2.24, 2.45) is 5.92 Å². The van der Waals surface area contributed by atoms with Gasteiger partial charge in [0.15, 0.2) is 10.7 Å². The summed E-state index contributed by atoms with van der Waals surface area (Å²) in [6.07, 6.45) is 3.84. The van der Waals surface area contributed by atoms with Crippen LogP contribution in [0.1, 0.15) is 24.3 Å². The zero-order valence-corrected chi connectivity index (χ0v) is 14.2. The van der Waals surface area contributed by atoms with Crippen molar-refractivity contribution in [3.8, 4) is 0 Å². The van der Waals surface area contributed by atoms with E-state index in [2.05, 4.69) is 5.16 Å². The molecular formula is C14H21N3O5S. The quantitative estimate of drug-likeness (QED) is 0.850. The van der Waals surface area contributed by atoms with Gasteiger partial charge < -0.3 is 14.5 Å². The Bertz CT molecular complexity index is 700. The van der Waals surface area contributed by atoms with E-state index in [0.717, 1.165) is 0 Å². The first-order valence-corrected chi connectivity index (χ1v) is 8.71. The minimum atomic E-state index is -3.76. The summed E-state index contributed by atoms with van der Waals surface area (Å²) in [6.45, 7) is 1.94. The predicted molar refractivity (Wildman–Crippen MR) is 83.1 cm³/mol. The number of nitrogens with zero attached hydrogens (tertiary/aromatic N) is 3. The summed E-state index contributed by atoms with van der Waals surface area (Å²) in [5, 5.41) is 12.8. The van der Waals surface area contributed by atoms with Gasteiger partial charge in [0.25, 0.3) is 0 Å². The highest BCUT2D eigenvalue weighted by Gasteiger charge is 2.35. The number of rotatable bonds is 5. The third kappa shape index (κ3) is 3.73. The van der Waals surface area contributed by atoms with Crippen LogP contribution in [0.4, 0.5) is 0 Å². The van der Waals surface area contributed by atoms with E-state index >= 15 is 0 Å². The lowest BCUT2D eigenvalue weighted by Crippen LogP contribution is -2.40. The van der Waals surface area contributed by atoms with Crippen LogP contribution in [0, 0.1) is 12.8 Å². The van der Waals surface area contributed by atoms with Gasteiger partial charge in [0.2, 0.25) is 10.0 Å². The number of aromatic nitrogens is 1. The van der Waals surface area contributed by atoms with Crippen molar-refractivity contribution in [2.75, 3.05) is 27.2 Å². The molecule has 0 spiro atoms. The van der Waals surface area contributed by atoms with Crippen LogP contribution >= 0.6 is 0 Å². The van der Waals surface area contributed by atoms with Crippen LogP contribution < -0.4 is 0 Å². The van der Waals surface area contributed by atoms with E-state index in [-0.39, 0.29) is 23.7 Å². The molecule has 0 saturated carbocycles. The Morgan fingerprint density at radius 2 is 2.00 bits per heavy atom. The van der Waals surface area contributed by atoms with E-state index in [1.807, 2.05) is 14.1 Å². The molecule has 0 aromatic carbocycles. The van der Waals surface area contributed by atoms with E-state index in [1.165, 1.54) is 4.31 Å². The molecule has 2 heterocycles. The van der Waals surface area contributed by atoms with Crippen molar-refractivity contribution in [2.45, 2.75) is 24.7 Å². The van der Waals surface area contributed by atoms with Gasteiger partial charge in [-0.3, -0.25) is 4.79 Å². The number of hydrogen-bond acceptors (Lipinski definition) is 6. The summed E-state index contributed by atoms with van der Waals surface area (Å²) in [4.78, 5) is 12.8. The summed E-state index contributed by atoms with van der Waals surface area (Å²) in [5.74, 6) is -1.19. The highest BCUT2D eigenvalue weighted by Crippen LogP contribution is 2.28. The molecule has 128 valence electrons. The Labute approximate surface area is 135 Å². The number of piperidine rings is 1. The molecule has 0 bridgehead atoms. The Hall–Kier alpha value is -1.87.